The Morgan fingerprint density at radius 3 is 2.29 bits per heavy atom. The zero-order valence-corrected chi connectivity index (χ0v) is 11.6. The zero-order valence-electron chi connectivity index (χ0n) is 11.6. The number of benzene rings is 1. The van der Waals surface area contributed by atoms with Crippen molar-refractivity contribution in [3.8, 4) is 28.5 Å². The molecule has 100 valence electrons. The summed E-state index contributed by atoms with van der Waals surface area (Å²) in [6.45, 7) is 2.07. The molecule has 2 aromatic heterocycles. The summed E-state index contributed by atoms with van der Waals surface area (Å²) in [6.07, 6.45) is 5.45. The average molecular weight is 271 g/mol. The van der Waals surface area contributed by atoms with E-state index in [-0.39, 0.29) is 0 Å². The highest BCUT2D eigenvalue weighted by Gasteiger charge is 2.06. The molecule has 0 spiro atoms. The highest BCUT2D eigenvalue weighted by Crippen LogP contribution is 2.26. The molecule has 0 fully saturated rings. The molecule has 0 saturated heterocycles. The Labute approximate surface area is 123 Å². The summed E-state index contributed by atoms with van der Waals surface area (Å²) in [4.78, 5) is 8.57. The molecule has 3 heteroatoms. The molecule has 3 nitrogen and oxygen atoms in total. The van der Waals surface area contributed by atoms with Crippen molar-refractivity contribution < 1.29 is 0 Å². The number of aromatic nitrogens is 2. The van der Waals surface area contributed by atoms with E-state index in [1.165, 1.54) is 0 Å². The minimum absolute atomic E-state index is 0.656. The summed E-state index contributed by atoms with van der Waals surface area (Å²) >= 11 is 0. The summed E-state index contributed by atoms with van der Waals surface area (Å²) in [5.41, 5.74) is 5.96. The van der Waals surface area contributed by atoms with E-state index in [0.29, 0.717) is 5.56 Å². The van der Waals surface area contributed by atoms with Gasteiger partial charge in [0.05, 0.1) is 17.3 Å². The third-order valence-corrected chi connectivity index (χ3v) is 3.41. The first-order valence-corrected chi connectivity index (χ1v) is 6.65. The monoisotopic (exact) mass is 271 g/mol. The van der Waals surface area contributed by atoms with Crippen LogP contribution in [0.2, 0.25) is 0 Å². The van der Waals surface area contributed by atoms with Gasteiger partial charge in [-0.25, -0.2) is 0 Å². The molecule has 0 amide bonds. The first-order valence-electron chi connectivity index (χ1n) is 6.65. The third kappa shape index (κ3) is 2.65. The van der Waals surface area contributed by atoms with Gasteiger partial charge in [0.15, 0.2) is 0 Å². The Kier molecular flexibility index (Phi) is 3.44. The lowest BCUT2D eigenvalue weighted by molar-refractivity contribution is 1.27. The van der Waals surface area contributed by atoms with Crippen molar-refractivity contribution in [2.24, 2.45) is 0 Å². The fraction of sp³-hybridized carbons (Fsp3) is 0.0556. The first-order chi connectivity index (χ1) is 10.3. The van der Waals surface area contributed by atoms with E-state index in [4.69, 9.17) is 5.26 Å². The van der Waals surface area contributed by atoms with Crippen LogP contribution in [0.3, 0.4) is 0 Å². The van der Waals surface area contributed by atoms with Gasteiger partial charge in [0, 0.05) is 29.7 Å². The molecule has 0 bridgehead atoms. The summed E-state index contributed by atoms with van der Waals surface area (Å²) in [5, 5.41) is 8.83. The van der Waals surface area contributed by atoms with Crippen LogP contribution < -0.4 is 0 Å². The van der Waals surface area contributed by atoms with E-state index < -0.39 is 0 Å². The summed E-state index contributed by atoms with van der Waals surface area (Å²) in [5.74, 6) is 0. The third-order valence-electron chi connectivity index (χ3n) is 3.41. The van der Waals surface area contributed by atoms with Crippen LogP contribution in [0.15, 0.2) is 61.1 Å². The molecule has 2 heterocycles. The van der Waals surface area contributed by atoms with E-state index in [1.807, 2.05) is 42.6 Å². The number of pyridine rings is 2. The van der Waals surface area contributed by atoms with Gasteiger partial charge in [0.25, 0.3) is 0 Å². The van der Waals surface area contributed by atoms with Crippen LogP contribution in [0.25, 0.3) is 22.4 Å². The predicted octanol–water partition coefficient (Wildman–Crippen LogP) is 3.99. The number of hydrogen-bond acceptors (Lipinski definition) is 3. The maximum absolute atomic E-state index is 8.83. The Bertz CT molecular complexity index is 800. The van der Waals surface area contributed by atoms with Crippen molar-refractivity contribution in [3.05, 3.63) is 72.2 Å². The number of nitrogens with zero attached hydrogens (tertiary/aromatic N) is 3. The van der Waals surface area contributed by atoms with Gasteiger partial charge in [-0.2, -0.15) is 5.26 Å². The molecule has 0 N–H and O–H groups in total. The van der Waals surface area contributed by atoms with Crippen LogP contribution in [-0.4, -0.2) is 9.97 Å². The van der Waals surface area contributed by atoms with Gasteiger partial charge < -0.3 is 0 Å². The second-order valence-corrected chi connectivity index (χ2v) is 4.81. The number of hydrogen-bond donors (Lipinski definition) is 0. The molecule has 0 atom stereocenters. The lowest BCUT2D eigenvalue weighted by Crippen LogP contribution is -1.90. The molecule has 1 aromatic carbocycles. The molecule has 0 radical (unpaired) electrons. The number of aryl methyl sites for hydroxylation is 1. The Hall–Kier alpha value is -2.99. The molecule has 0 aliphatic heterocycles. The quantitative estimate of drug-likeness (QED) is 0.708. The van der Waals surface area contributed by atoms with Gasteiger partial charge in [-0.1, -0.05) is 12.1 Å². The topological polar surface area (TPSA) is 49.6 Å². The molecule has 21 heavy (non-hydrogen) atoms. The van der Waals surface area contributed by atoms with Crippen LogP contribution in [0, 0.1) is 18.3 Å². The van der Waals surface area contributed by atoms with Crippen LogP contribution in [-0.2, 0) is 0 Å². The average Bonchev–Trinajstić information content (AvgIpc) is 2.55. The second-order valence-electron chi connectivity index (χ2n) is 4.81. The lowest BCUT2D eigenvalue weighted by Gasteiger charge is -2.08. The number of rotatable bonds is 2. The highest BCUT2D eigenvalue weighted by molar-refractivity contribution is 5.70. The van der Waals surface area contributed by atoms with E-state index in [2.05, 4.69) is 29.0 Å². The fourth-order valence-electron chi connectivity index (χ4n) is 2.26. The van der Waals surface area contributed by atoms with E-state index in [9.17, 15) is 0 Å². The largest absolute Gasteiger partial charge is 0.265 e. The predicted molar refractivity (Wildman–Crippen MR) is 82.4 cm³/mol. The smallest absolute Gasteiger partial charge is 0.0991 e. The minimum atomic E-state index is 0.656. The van der Waals surface area contributed by atoms with Crippen molar-refractivity contribution >= 4 is 0 Å². The van der Waals surface area contributed by atoms with Crippen molar-refractivity contribution in [2.75, 3.05) is 0 Å². The van der Waals surface area contributed by atoms with Gasteiger partial charge >= 0.3 is 0 Å². The Morgan fingerprint density at radius 2 is 1.67 bits per heavy atom. The highest BCUT2D eigenvalue weighted by atomic mass is 14.7. The van der Waals surface area contributed by atoms with Gasteiger partial charge in [0.2, 0.25) is 0 Å². The van der Waals surface area contributed by atoms with Crippen molar-refractivity contribution in [2.45, 2.75) is 6.92 Å². The minimum Gasteiger partial charge on any atom is -0.265 e. The Balaban J connectivity index is 1.99. The van der Waals surface area contributed by atoms with Crippen LogP contribution in [0.1, 0.15) is 11.1 Å². The van der Waals surface area contributed by atoms with Gasteiger partial charge in [-0.05, 0) is 48.4 Å². The molecule has 0 unspecified atom stereocenters. The maximum atomic E-state index is 8.83. The van der Waals surface area contributed by atoms with Gasteiger partial charge in [-0.3, -0.25) is 9.97 Å². The van der Waals surface area contributed by atoms with Crippen molar-refractivity contribution in [3.63, 3.8) is 0 Å². The summed E-state index contributed by atoms with van der Waals surface area (Å²) < 4.78 is 0. The Morgan fingerprint density at radius 1 is 0.952 bits per heavy atom. The molecular formula is C18H13N3. The molecule has 0 aliphatic rings. The van der Waals surface area contributed by atoms with E-state index in [1.54, 1.807) is 12.4 Å². The summed E-state index contributed by atoms with van der Waals surface area (Å²) in [7, 11) is 0. The molecule has 0 saturated carbocycles. The van der Waals surface area contributed by atoms with Gasteiger partial charge in [-0.15, -0.1) is 0 Å². The number of nitriles is 1. The SMILES string of the molecule is Cc1cc(-c2ccc(C#N)cc2)ncc1-c1ccncc1. The molecule has 3 aromatic rings. The van der Waals surface area contributed by atoms with Gasteiger partial charge in [0.1, 0.15) is 0 Å². The lowest BCUT2D eigenvalue weighted by atomic mass is 10.0. The molecule has 0 aliphatic carbocycles. The molecular weight excluding hydrogens is 258 g/mol. The van der Waals surface area contributed by atoms with Crippen molar-refractivity contribution in [1.82, 2.24) is 9.97 Å². The van der Waals surface area contributed by atoms with Crippen LogP contribution >= 0.6 is 0 Å². The van der Waals surface area contributed by atoms with E-state index >= 15 is 0 Å². The van der Waals surface area contributed by atoms with Crippen molar-refractivity contribution in [1.29, 1.82) is 5.26 Å². The second kappa shape index (κ2) is 5.56. The van der Waals surface area contributed by atoms with Crippen LogP contribution in [0.5, 0.6) is 0 Å². The standard InChI is InChI=1S/C18H13N3/c1-13-10-18(16-4-2-14(11-19)3-5-16)21-12-17(13)15-6-8-20-9-7-15/h2-10,12H,1H3. The normalized spacial score (nSPS) is 10.1. The summed E-state index contributed by atoms with van der Waals surface area (Å²) in [6, 6.07) is 15.6. The molecule has 3 rings (SSSR count). The first kappa shape index (κ1) is 13.0. The maximum Gasteiger partial charge on any atom is 0.0991 e. The zero-order chi connectivity index (χ0) is 14.7. The fourth-order valence-corrected chi connectivity index (χ4v) is 2.26. The van der Waals surface area contributed by atoms with E-state index in [0.717, 1.165) is 27.9 Å². The van der Waals surface area contributed by atoms with Crippen LogP contribution in [0.4, 0.5) is 0 Å².